The van der Waals surface area contributed by atoms with Crippen molar-refractivity contribution in [3.05, 3.63) is 29.8 Å². The van der Waals surface area contributed by atoms with E-state index in [2.05, 4.69) is 34.7 Å². The summed E-state index contributed by atoms with van der Waals surface area (Å²) in [5, 5.41) is 6.62. The number of nitrogens with zero attached hydrogens (tertiary/aromatic N) is 1. The maximum Gasteiger partial charge on any atom is 0.191 e. The molecule has 1 aliphatic heterocycles. The Bertz CT molecular complexity index is 406. The van der Waals surface area contributed by atoms with Gasteiger partial charge < -0.3 is 15.4 Å². The van der Waals surface area contributed by atoms with Gasteiger partial charge in [0.05, 0.1) is 6.54 Å². The summed E-state index contributed by atoms with van der Waals surface area (Å²) in [5.74, 6) is 1.87. The second-order valence-corrected chi connectivity index (χ2v) is 4.79. The topological polar surface area (TPSA) is 45.7 Å². The summed E-state index contributed by atoms with van der Waals surface area (Å²) < 4.78 is 5.88. The van der Waals surface area contributed by atoms with Crippen LogP contribution in [0.1, 0.15) is 25.3 Å². The maximum atomic E-state index is 5.88. The van der Waals surface area contributed by atoms with E-state index in [4.69, 9.17) is 4.74 Å². The first-order chi connectivity index (χ1) is 9.33. The lowest BCUT2D eigenvalue weighted by atomic mass is 10.1. The van der Waals surface area contributed by atoms with Crippen molar-refractivity contribution in [2.45, 2.75) is 32.3 Å². The predicted octanol–water partition coefficient (Wildman–Crippen LogP) is 1.96. The van der Waals surface area contributed by atoms with Gasteiger partial charge in [-0.3, -0.25) is 4.99 Å². The molecule has 4 nitrogen and oxygen atoms in total. The fourth-order valence-corrected chi connectivity index (χ4v) is 2.18. The molecule has 0 amide bonds. The number of para-hydroxylation sites is 1. The molecule has 1 atom stereocenters. The fourth-order valence-electron chi connectivity index (χ4n) is 2.18. The lowest BCUT2D eigenvalue weighted by molar-refractivity contribution is 0.235. The SMILES string of the molecule is CCCCNC(=NC)NCC1Cc2ccccc2O1. The quantitative estimate of drug-likeness (QED) is 0.484. The van der Waals surface area contributed by atoms with E-state index < -0.39 is 0 Å². The van der Waals surface area contributed by atoms with Crippen molar-refractivity contribution < 1.29 is 4.74 Å². The number of ether oxygens (including phenoxy) is 1. The van der Waals surface area contributed by atoms with Crippen molar-refractivity contribution in [3.63, 3.8) is 0 Å². The van der Waals surface area contributed by atoms with E-state index in [1.54, 1.807) is 7.05 Å². The highest BCUT2D eigenvalue weighted by atomic mass is 16.5. The zero-order valence-corrected chi connectivity index (χ0v) is 11.8. The minimum atomic E-state index is 0.196. The van der Waals surface area contributed by atoms with Gasteiger partial charge in [0.2, 0.25) is 0 Å². The summed E-state index contributed by atoms with van der Waals surface area (Å²) in [6.07, 6.45) is 3.51. The molecule has 2 rings (SSSR count). The van der Waals surface area contributed by atoms with Gasteiger partial charge in [0.1, 0.15) is 11.9 Å². The van der Waals surface area contributed by atoms with Crippen LogP contribution >= 0.6 is 0 Å². The van der Waals surface area contributed by atoms with E-state index in [0.29, 0.717) is 0 Å². The van der Waals surface area contributed by atoms with Crippen LogP contribution in [0.25, 0.3) is 0 Å². The van der Waals surface area contributed by atoms with Crippen molar-refractivity contribution in [1.82, 2.24) is 10.6 Å². The van der Waals surface area contributed by atoms with Gasteiger partial charge in [0.25, 0.3) is 0 Å². The van der Waals surface area contributed by atoms with Crippen LogP contribution in [-0.4, -0.2) is 32.2 Å². The van der Waals surface area contributed by atoms with Gasteiger partial charge in [0.15, 0.2) is 5.96 Å². The average molecular weight is 261 g/mol. The first-order valence-electron chi connectivity index (χ1n) is 7.02. The molecule has 104 valence electrons. The number of guanidine groups is 1. The number of unbranched alkanes of at least 4 members (excludes halogenated alkanes) is 1. The molecule has 1 aliphatic rings. The van der Waals surface area contributed by atoms with Crippen molar-refractivity contribution in [2.24, 2.45) is 4.99 Å². The molecule has 0 bridgehead atoms. The zero-order valence-electron chi connectivity index (χ0n) is 11.8. The molecule has 1 unspecified atom stereocenters. The standard InChI is InChI=1S/C15H23N3O/c1-3-4-9-17-15(16-2)18-11-13-10-12-7-5-6-8-14(12)19-13/h5-8,13H,3-4,9-11H2,1-2H3,(H2,16,17,18). The van der Waals surface area contributed by atoms with Gasteiger partial charge in [-0.2, -0.15) is 0 Å². The van der Waals surface area contributed by atoms with Crippen molar-refractivity contribution >= 4 is 5.96 Å². The Hall–Kier alpha value is -1.71. The van der Waals surface area contributed by atoms with E-state index in [-0.39, 0.29) is 6.10 Å². The molecule has 1 heterocycles. The van der Waals surface area contributed by atoms with Crippen LogP contribution in [0.2, 0.25) is 0 Å². The van der Waals surface area contributed by atoms with Crippen LogP contribution < -0.4 is 15.4 Å². The number of hydrogen-bond donors (Lipinski definition) is 2. The maximum absolute atomic E-state index is 5.88. The Morgan fingerprint density at radius 2 is 2.21 bits per heavy atom. The summed E-state index contributed by atoms with van der Waals surface area (Å²) in [6.45, 7) is 3.92. The third-order valence-corrected chi connectivity index (χ3v) is 3.26. The first kappa shape index (κ1) is 13.7. The monoisotopic (exact) mass is 261 g/mol. The average Bonchev–Trinajstić information content (AvgIpc) is 2.85. The molecule has 0 spiro atoms. The summed E-state index contributed by atoms with van der Waals surface area (Å²) in [6, 6.07) is 8.23. The van der Waals surface area contributed by atoms with Crippen molar-refractivity contribution in [2.75, 3.05) is 20.1 Å². The van der Waals surface area contributed by atoms with Crippen LogP contribution in [0.5, 0.6) is 5.75 Å². The molecule has 0 aromatic heterocycles. The minimum absolute atomic E-state index is 0.196. The number of benzene rings is 1. The summed E-state index contributed by atoms with van der Waals surface area (Å²) in [4.78, 5) is 4.21. The Labute approximate surface area is 115 Å². The number of aliphatic imine (C=N–C) groups is 1. The van der Waals surface area contributed by atoms with Crippen molar-refractivity contribution in [1.29, 1.82) is 0 Å². The lowest BCUT2D eigenvalue weighted by Crippen LogP contribution is -2.42. The molecule has 19 heavy (non-hydrogen) atoms. The summed E-state index contributed by atoms with van der Waals surface area (Å²) in [7, 11) is 1.80. The molecule has 0 fully saturated rings. The second-order valence-electron chi connectivity index (χ2n) is 4.79. The van der Waals surface area contributed by atoms with E-state index in [9.17, 15) is 0 Å². The van der Waals surface area contributed by atoms with Gasteiger partial charge in [-0.15, -0.1) is 0 Å². The molecule has 0 radical (unpaired) electrons. The summed E-state index contributed by atoms with van der Waals surface area (Å²) >= 11 is 0. The summed E-state index contributed by atoms with van der Waals surface area (Å²) in [5.41, 5.74) is 1.29. The molecule has 1 aromatic carbocycles. The molecule has 0 aliphatic carbocycles. The van der Waals surface area contributed by atoms with Crippen molar-refractivity contribution in [3.8, 4) is 5.75 Å². The number of rotatable bonds is 5. The third-order valence-electron chi connectivity index (χ3n) is 3.26. The van der Waals surface area contributed by atoms with E-state index >= 15 is 0 Å². The Morgan fingerprint density at radius 1 is 1.37 bits per heavy atom. The normalized spacial score (nSPS) is 17.8. The Kier molecular flexibility index (Phi) is 5.07. The highest BCUT2D eigenvalue weighted by Crippen LogP contribution is 2.27. The smallest absolute Gasteiger partial charge is 0.191 e. The van der Waals surface area contributed by atoms with Gasteiger partial charge in [-0.1, -0.05) is 31.5 Å². The zero-order chi connectivity index (χ0) is 13.5. The van der Waals surface area contributed by atoms with Gasteiger partial charge >= 0.3 is 0 Å². The van der Waals surface area contributed by atoms with E-state index in [1.807, 2.05) is 12.1 Å². The number of fused-ring (bicyclic) bond motifs is 1. The molecule has 0 saturated heterocycles. The van der Waals surface area contributed by atoms with Crippen LogP contribution in [-0.2, 0) is 6.42 Å². The largest absolute Gasteiger partial charge is 0.488 e. The molecular weight excluding hydrogens is 238 g/mol. The van der Waals surface area contributed by atoms with Gasteiger partial charge in [-0.25, -0.2) is 0 Å². The number of nitrogens with one attached hydrogen (secondary N) is 2. The van der Waals surface area contributed by atoms with Crippen LogP contribution in [0.15, 0.2) is 29.3 Å². The first-order valence-corrected chi connectivity index (χ1v) is 7.02. The van der Waals surface area contributed by atoms with Crippen LogP contribution in [0.4, 0.5) is 0 Å². The highest BCUT2D eigenvalue weighted by molar-refractivity contribution is 5.79. The van der Waals surface area contributed by atoms with E-state index in [1.165, 1.54) is 12.0 Å². The predicted molar refractivity (Wildman–Crippen MR) is 78.8 cm³/mol. The minimum Gasteiger partial charge on any atom is -0.488 e. The highest BCUT2D eigenvalue weighted by Gasteiger charge is 2.22. The van der Waals surface area contributed by atoms with E-state index in [0.717, 1.165) is 37.6 Å². The molecule has 0 saturated carbocycles. The second kappa shape index (κ2) is 7.02. The molecule has 2 N–H and O–H groups in total. The Morgan fingerprint density at radius 3 is 2.95 bits per heavy atom. The van der Waals surface area contributed by atoms with Gasteiger partial charge in [-0.05, 0) is 18.1 Å². The van der Waals surface area contributed by atoms with Crippen LogP contribution in [0.3, 0.4) is 0 Å². The van der Waals surface area contributed by atoms with Crippen LogP contribution in [0, 0.1) is 0 Å². The fraction of sp³-hybridized carbons (Fsp3) is 0.533. The van der Waals surface area contributed by atoms with Gasteiger partial charge in [0, 0.05) is 20.0 Å². The molecular formula is C15H23N3O. The lowest BCUT2D eigenvalue weighted by Gasteiger charge is -2.15. The molecule has 1 aromatic rings. The third kappa shape index (κ3) is 3.88. The Balaban J connectivity index is 1.75. The molecule has 4 heteroatoms. The number of hydrogen-bond acceptors (Lipinski definition) is 2.